The number of para-hydroxylation sites is 2. The van der Waals surface area contributed by atoms with Gasteiger partial charge in [-0.3, -0.25) is 9.47 Å². The molecule has 6 nitrogen and oxygen atoms in total. The molecule has 27 heavy (non-hydrogen) atoms. The Bertz CT molecular complexity index is 985. The van der Waals surface area contributed by atoms with Gasteiger partial charge >= 0.3 is 6.55 Å². The topological polar surface area (TPSA) is 61.0 Å². The Morgan fingerprint density at radius 3 is 2.59 bits per heavy atom. The molecular formula is C19H18F2N6. The van der Waals surface area contributed by atoms with Crippen LogP contribution in [0.5, 0.6) is 0 Å². The van der Waals surface area contributed by atoms with E-state index in [2.05, 4.69) is 25.8 Å². The van der Waals surface area contributed by atoms with Crippen molar-refractivity contribution in [3.8, 4) is 6.07 Å². The Hall–Kier alpha value is -3.05. The highest BCUT2D eigenvalue weighted by Crippen LogP contribution is 2.25. The molecule has 1 aromatic carbocycles. The number of benzene rings is 1. The van der Waals surface area contributed by atoms with E-state index in [1.807, 2.05) is 0 Å². The normalized spacial score (nSPS) is 15.4. The predicted octanol–water partition coefficient (Wildman–Crippen LogP) is 3.02. The van der Waals surface area contributed by atoms with Crippen molar-refractivity contribution in [2.75, 3.05) is 31.1 Å². The number of pyridine rings is 1. The fourth-order valence-corrected chi connectivity index (χ4v) is 3.48. The Kier molecular flexibility index (Phi) is 4.69. The minimum absolute atomic E-state index is 0.361. The molecule has 1 aliphatic rings. The number of nitriles is 1. The summed E-state index contributed by atoms with van der Waals surface area (Å²) < 4.78 is 28.1. The first-order valence-electron chi connectivity index (χ1n) is 8.74. The molecule has 0 spiro atoms. The van der Waals surface area contributed by atoms with Gasteiger partial charge in [0, 0.05) is 32.4 Å². The lowest BCUT2D eigenvalue weighted by Gasteiger charge is -2.35. The number of halogens is 2. The first-order valence-corrected chi connectivity index (χ1v) is 8.74. The quantitative estimate of drug-likeness (QED) is 0.708. The summed E-state index contributed by atoms with van der Waals surface area (Å²) in [5.74, 6) is 1.05. The van der Waals surface area contributed by atoms with Gasteiger partial charge in [-0.25, -0.2) is 9.97 Å². The van der Waals surface area contributed by atoms with Crippen molar-refractivity contribution >= 4 is 16.9 Å². The molecule has 0 amide bonds. The molecule has 3 heterocycles. The van der Waals surface area contributed by atoms with Crippen molar-refractivity contribution in [3.63, 3.8) is 0 Å². The summed E-state index contributed by atoms with van der Waals surface area (Å²) in [6, 6.07) is 12.6. The average molecular weight is 368 g/mol. The smallest absolute Gasteiger partial charge is 0.320 e. The maximum atomic E-state index is 13.6. The van der Waals surface area contributed by atoms with E-state index in [1.165, 1.54) is 0 Å². The zero-order valence-corrected chi connectivity index (χ0v) is 14.6. The molecule has 138 valence electrons. The number of alkyl halides is 2. The Morgan fingerprint density at radius 2 is 1.85 bits per heavy atom. The molecule has 0 bridgehead atoms. The number of rotatable bonds is 4. The molecule has 0 N–H and O–H groups in total. The van der Waals surface area contributed by atoms with Crippen LogP contribution in [0.1, 0.15) is 17.9 Å². The van der Waals surface area contributed by atoms with E-state index in [0.717, 1.165) is 4.57 Å². The van der Waals surface area contributed by atoms with Gasteiger partial charge in [0.15, 0.2) is 0 Å². The molecule has 8 heteroatoms. The van der Waals surface area contributed by atoms with Crippen LogP contribution < -0.4 is 4.90 Å². The van der Waals surface area contributed by atoms with Crippen LogP contribution in [0, 0.1) is 11.3 Å². The zero-order chi connectivity index (χ0) is 18.8. The van der Waals surface area contributed by atoms with E-state index < -0.39 is 6.55 Å². The number of fused-ring (bicyclic) bond motifs is 1. The van der Waals surface area contributed by atoms with Crippen LogP contribution in [-0.4, -0.2) is 45.6 Å². The van der Waals surface area contributed by atoms with Crippen molar-refractivity contribution in [3.05, 3.63) is 54.0 Å². The fourth-order valence-electron chi connectivity index (χ4n) is 3.48. The largest absolute Gasteiger partial charge is 0.353 e. The second-order valence-electron chi connectivity index (χ2n) is 6.41. The first-order chi connectivity index (χ1) is 13.2. The SMILES string of the molecule is N#Cc1cccnc1N1CCN(Cc2nc3ccccc3n2C(F)F)CC1. The summed E-state index contributed by atoms with van der Waals surface area (Å²) >= 11 is 0. The van der Waals surface area contributed by atoms with Crippen LogP contribution >= 0.6 is 0 Å². The molecule has 2 aromatic heterocycles. The Labute approximate surface area is 155 Å². The van der Waals surface area contributed by atoms with Gasteiger partial charge < -0.3 is 4.90 Å². The summed E-state index contributed by atoms with van der Waals surface area (Å²) in [7, 11) is 0. The maximum Gasteiger partial charge on any atom is 0.320 e. The second-order valence-corrected chi connectivity index (χ2v) is 6.41. The van der Waals surface area contributed by atoms with Crippen molar-refractivity contribution in [2.24, 2.45) is 0 Å². The van der Waals surface area contributed by atoms with Gasteiger partial charge in [-0.05, 0) is 24.3 Å². The predicted molar refractivity (Wildman–Crippen MR) is 97.4 cm³/mol. The standard InChI is InChI=1S/C19H18F2N6/c20-19(21)27-16-6-2-1-5-15(16)24-17(27)13-25-8-10-26(11-9-25)18-14(12-22)4-3-7-23-18/h1-7,19H,8-11,13H2. The monoisotopic (exact) mass is 368 g/mol. The lowest BCUT2D eigenvalue weighted by Crippen LogP contribution is -2.46. The van der Waals surface area contributed by atoms with Crippen LogP contribution in [-0.2, 0) is 6.54 Å². The number of piperazine rings is 1. The van der Waals surface area contributed by atoms with E-state index in [4.69, 9.17) is 0 Å². The molecule has 1 aliphatic heterocycles. The maximum absolute atomic E-state index is 13.6. The van der Waals surface area contributed by atoms with Crippen molar-refractivity contribution in [2.45, 2.75) is 13.1 Å². The third-order valence-electron chi connectivity index (χ3n) is 4.81. The molecule has 4 rings (SSSR count). The molecule has 1 fully saturated rings. The molecule has 1 saturated heterocycles. The number of hydrogen-bond donors (Lipinski definition) is 0. The number of imidazole rings is 1. The molecule has 3 aromatic rings. The number of hydrogen-bond acceptors (Lipinski definition) is 5. The van der Waals surface area contributed by atoms with Gasteiger partial charge in [0.1, 0.15) is 17.7 Å². The van der Waals surface area contributed by atoms with Gasteiger partial charge in [-0.15, -0.1) is 0 Å². The minimum atomic E-state index is -2.62. The number of nitrogens with zero attached hydrogens (tertiary/aromatic N) is 6. The van der Waals surface area contributed by atoms with Crippen LogP contribution in [0.2, 0.25) is 0 Å². The van der Waals surface area contributed by atoms with Gasteiger partial charge in [-0.1, -0.05) is 12.1 Å². The van der Waals surface area contributed by atoms with Gasteiger partial charge in [0.05, 0.1) is 23.1 Å². The molecule has 0 atom stereocenters. The van der Waals surface area contributed by atoms with E-state index in [-0.39, 0.29) is 0 Å². The first kappa shape index (κ1) is 17.4. The molecule has 0 saturated carbocycles. The molecule has 0 radical (unpaired) electrons. The highest BCUT2D eigenvalue weighted by molar-refractivity contribution is 5.76. The number of aromatic nitrogens is 3. The van der Waals surface area contributed by atoms with Crippen LogP contribution in [0.4, 0.5) is 14.6 Å². The Balaban J connectivity index is 1.49. The minimum Gasteiger partial charge on any atom is -0.353 e. The number of anilines is 1. The van der Waals surface area contributed by atoms with Crippen LogP contribution in [0.15, 0.2) is 42.6 Å². The van der Waals surface area contributed by atoms with E-state index in [9.17, 15) is 14.0 Å². The van der Waals surface area contributed by atoms with Gasteiger partial charge in [0.2, 0.25) is 0 Å². The van der Waals surface area contributed by atoms with E-state index in [1.54, 1.807) is 42.6 Å². The molecule has 0 aliphatic carbocycles. The van der Waals surface area contributed by atoms with Gasteiger partial charge in [0.25, 0.3) is 0 Å². The van der Waals surface area contributed by atoms with Gasteiger partial charge in [-0.2, -0.15) is 14.0 Å². The molecular weight excluding hydrogens is 350 g/mol. The summed E-state index contributed by atoms with van der Waals surface area (Å²) in [5.41, 5.74) is 1.58. The van der Waals surface area contributed by atoms with Crippen LogP contribution in [0.25, 0.3) is 11.0 Å². The van der Waals surface area contributed by atoms with E-state index >= 15 is 0 Å². The lowest BCUT2D eigenvalue weighted by molar-refractivity contribution is 0.0681. The summed E-state index contributed by atoms with van der Waals surface area (Å²) in [6.45, 7) is 0.476. The van der Waals surface area contributed by atoms with Crippen molar-refractivity contribution in [1.29, 1.82) is 5.26 Å². The summed E-state index contributed by atoms with van der Waals surface area (Å²) in [5, 5.41) is 9.24. The molecule has 0 unspecified atom stereocenters. The second kappa shape index (κ2) is 7.29. The van der Waals surface area contributed by atoms with Crippen molar-refractivity contribution in [1.82, 2.24) is 19.4 Å². The highest BCUT2D eigenvalue weighted by atomic mass is 19.3. The summed E-state index contributed by atoms with van der Waals surface area (Å²) in [4.78, 5) is 12.9. The lowest BCUT2D eigenvalue weighted by atomic mass is 10.2. The zero-order valence-electron chi connectivity index (χ0n) is 14.6. The van der Waals surface area contributed by atoms with E-state index in [0.29, 0.717) is 61.0 Å². The van der Waals surface area contributed by atoms with Crippen LogP contribution in [0.3, 0.4) is 0 Å². The summed E-state index contributed by atoms with van der Waals surface area (Å²) in [6.07, 6.45) is 1.67. The highest BCUT2D eigenvalue weighted by Gasteiger charge is 2.24. The average Bonchev–Trinajstić information content (AvgIpc) is 3.06. The third kappa shape index (κ3) is 3.34. The fraction of sp³-hybridized carbons (Fsp3) is 0.316. The third-order valence-corrected chi connectivity index (χ3v) is 4.81. The van der Waals surface area contributed by atoms with Crippen molar-refractivity contribution < 1.29 is 8.78 Å². The Morgan fingerprint density at radius 1 is 1.07 bits per heavy atom.